The van der Waals surface area contributed by atoms with E-state index < -0.39 is 29.6 Å². The van der Waals surface area contributed by atoms with Crippen molar-refractivity contribution in [3.05, 3.63) is 71.8 Å². The number of nitrogens with zero attached hydrogens (tertiary/aromatic N) is 2. The number of hydrogen-bond donors (Lipinski definition) is 0. The SMILES string of the molecule is CCC[CH2][Sn]([CH2]CCC)([CH2]CCC)[C@H](OC(=O)N1C(C)(C)COC1(C)C)[C@H](C)N(Cc1ccccc1)Cc1ccccc1. The average molecular weight is 700 g/mol. The van der Waals surface area contributed by atoms with Crippen molar-refractivity contribution in [3.63, 3.8) is 0 Å². The van der Waals surface area contributed by atoms with Crippen molar-refractivity contribution in [2.24, 2.45) is 0 Å². The van der Waals surface area contributed by atoms with Gasteiger partial charge in [-0.3, -0.25) is 0 Å². The normalized spacial score (nSPS) is 17.7. The second kappa shape index (κ2) is 16.7. The first-order chi connectivity index (χ1) is 20.5. The number of benzene rings is 2. The van der Waals surface area contributed by atoms with Crippen molar-refractivity contribution >= 4 is 24.5 Å². The van der Waals surface area contributed by atoms with E-state index >= 15 is 0 Å². The summed E-state index contributed by atoms with van der Waals surface area (Å²) in [6, 6.07) is 21.7. The third kappa shape index (κ3) is 9.71. The van der Waals surface area contributed by atoms with Gasteiger partial charge in [0.05, 0.1) is 0 Å². The summed E-state index contributed by atoms with van der Waals surface area (Å²) < 4.78 is 17.0. The Morgan fingerprint density at radius 2 is 1.28 bits per heavy atom. The molecule has 0 unspecified atom stereocenters. The summed E-state index contributed by atoms with van der Waals surface area (Å²) in [7, 11) is 0. The first-order valence-corrected chi connectivity index (χ1v) is 24.7. The third-order valence-electron chi connectivity index (χ3n) is 9.49. The molecule has 0 bridgehead atoms. The Kier molecular flexibility index (Phi) is 13.9. The second-order valence-electron chi connectivity index (χ2n) is 14.0. The fourth-order valence-electron chi connectivity index (χ4n) is 7.13. The predicted molar refractivity (Wildman–Crippen MR) is 183 cm³/mol. The molecule has 2 aromatic rings. The van der Waals surface area contributed by atoms with E-state index in [1.807, 2.05) is 18.7 Å². The van der Waals surface area contributed by atoms with E-state index in [0.717, 1.165) is 13.1 Å². The molecule has 240 valence electrons. The van der Waals surface area contributed by atoms with E-state index in [4.69, 9.17) is 9.47 Å². The zero-order valence-electron chi connectivity index (χ0n) is 28.5. The number of ether oxygens (including phenoxy) is 2. The van der Waals surface area contributed by atoms with Crippen molar-refractivity contribution in [2.45, 2.75) is 142 Å². The van der Waals surface area contributed by atoms with Crippen molar-refractivity contribution in [2.75, 3.05) is 6.61 Å². The molecule has 0 aromatic heterocycles. The van der Waals surface area contributed by atoms with Gasteiger partial charge in [0.15, 0.2) is 0 Å². The number of carbonyl (C=O) groups excluding carboxylic acids is 1. The number of carbonyl (C=O) groups is 1. The van der Waals surface area contributed by atoms with Gasteiger partial charge in [-0.05, 0) is 0 Å². The molecule has 0 saturated carbocycles. The maximum atomic E-state index is 14.4. The van der Waals surface area contributed by atoms with E-state index in [1.165, 1.54) is 63.0 Å². The van der Waals surface area contributed by atoms with Crippen LogP contribution in [0.2, 0.25) is 13.3 Å². The summed E-state index contributed by atoms with van der Waals surface area (Å²) in [5.74, 6) is 0. The molecule has 2 aromatic carbocycles. The Labute approximate surface area is 267 Å². The van der Waals surface area contributed by atoms with Crippen molar-refractivity contribution in [1.82, 2.24) is 9.80 Å². The van der Waals surface area contributed by atoms with Crippen LogP contribution < -0.4 is 0 Å². The topological polar surface area (TPSA) is 42.0 Å². The molecule has 1 fully saturated rings. The second-order valence-corrected chi connectivity index (χ2v) is 27.7. The van der Waals surface area contributed by atoms with Crippen LogP contribution in [0.25, 0.3) is 0 Å². The van der Waals surface area contributed by atoms with Gasteiger partial charge in [-0.25, -0.2) is 0 Å². The van der Waals surface area contributed by atoms with Crippen LogP contribution in [-0.4, -0.2) is 62.3 Å². The molecule has 0 aliphatic carbocycles. The van der Waals surface area contributed by atoms with Crippen LogP contribution in [0.4, 0.5) is 4.79 Å². The van der Waals surface area contributed by atoms with Gasteiger partial charge in [-0.15, -0.1) is 0 Å². The van der Waals surface area contributed by atoms with Gasteiger partial charge in [-0.1, -0.05) is 0 Å². The predicted octanol–water partition coefficient (Wildman–Crippen LogP) is 9.82. The van der Waals surface area contributed by atoms with Crippen LogP contribution in [0.3, 0.4) is 0 Å². The summed E-state index contributed by atoms with van der Waals surface area (Å²) in [5, 5.41) is 0. The van der Waals surface area contributed by atoms with Crippen molar-refractivity contribution in [1.29, 1.82) is 0 Å². The Morgan fingerprint density at radius 1 is 0.837 bits per heavy atom. The number of unbranched alkanes of at least 4 members (excludes halogenated alkanes) is 3. The first-order valence-electron chi connectivity index (χ1n) is 17.0. The summed E-state index contributed by atoms with van der Waals surface area (Å²) >= 11 is -3.13. The van der Waals surface area contributed by atoms with Gasteiger partial charge in [0.1, 0.15) is 0 Å². The Hall–Kier alpha value is -1.57. The number of amides is 1. The Morgan fingerprint density at radius 3 is 1.65 bits per heavy atom. The van der Waals surface area contributed by atoms with E-state index in [9.17, 15) is 4.79 Å². The molecule has 1 aliphatic rings. The van der Waals surface area contributed by atoms with Gasteiger partial charge >= 0.3 is 269 Å². The van der Waals surface area contributed by atoms with Crippen molar-refractivity contribution in [3.8, 4) is 0 Å². The summed E-state index contributed by atoms with van der Waals surface area (Å²) in [6.45, 7) is 19.6. The van der Waals surface area contributed by atoms with Crippen LogP contribution in [0.1, 0.15) is 105 Å². The molecule has 0 spiro atoms. The molecule has 43 heavy (non-hydrogen) atoms. The standard InChI is InChI=1S/C25H33N2O3.3C4H9.Sn/c1-20(18-29-23(28)27-24(2,3)19-30-25(27,4)5)26(16-21-12-8-6-9-13-21)17-22-14-10-7-11-15-22;3*1-3-4-2;/h6-15,18,20H,16-17,19H2,1-5H3;3*1,3-4H2,2H3;/t20-;;;;/m0..../s1. The van der Waals surface area contributed by atoms with Crippen LogP contribution in [0, 0.1) is 0 Å². The van der Waals surface area contributed by atoms with Crippen molar-refractivity contribution < 1.29 is 14.3 Å². The fraction of sp³-hybridized carbons (Fsp3) is 0.649. The molecule has 1 saturated heterocycles. The number of hydrogen-bond acceptors (Lipinski definition) is 4. The molecular weight excluding hydrogens is 639 g/mol. The molecule has 3 rings (SSSR count). The zero-order valence-corrected chi connectivity index (χ0v) is 31.4. The van der Waals surface area contributed by atoms with Gasteiger partial charge < -0.3 is 0 Å². The van der Waals surface area contributed by atoms with Crippen LogP contribution >= 0.6 is 0 Å². The monoisotopic (exact) mass is 700 g/mol. The third-order valence-corrected chi connectivity index (χ3v) is 26.2. The van der Waals surface area contributed by atoms with Crippen LogP contribution in [0.15, 0.2) is 60.7 Å². The van der Waals surface area contributed by atoms with Gasteiger partial charge in [0.2, 0.25) is 0 Å². The zero-order chi connectivity index (χ0) is 31.5. The number of rotatable bonds is 17. The van der Waals surface area contributed by atoms with Gasteiger partial charge in [0, 0.05) is 0 Å². The Bertz CT molecular complexity index is 1010. The molecule has 5 nitrogen and oxygen atoms in total. The summed E-state index contributed by atoms with van der Waals surface area (Å²) in [6.07, 6.45) is 7.04. The van der Waals surface area contributed by atoms with Crippen LogP contribution in [0.5, 0.6) is 0 Å². The van der Waals surface area contributed by atoms with Crippen LogP contribution in [-0.2, 0) is 22.6 Å². The van der Waals surface area contributed by atoms with E-state index in [2.05, 4.69) is 107 Å². The molecule has 1 amide bonds. The molecule has 2 atom stereocenters. The fourth-order valence-corrected chi connectivity index (χ4v) is 25.3. The summed E-state index contributed by atoms with van der Waals surface area (Å²) in [5.41, 5.74) is 1.47. The molecule has 1 aliphatic heterocycles. The maximum absolute atomic E-state index is 14.4. The van der Waals surface area contributed by atoms with Gasteiger partial charge in [0.25, 0.3) is 0 Å². The molecule has 0 N–H and O–H groups in total. The first kappa shape index (κ1) is 35.9. The van der Waals surface area contributed by atoms with E-state index in [0.29, 0.717) is 6.61 Å². The molecule has 6 heteroatoms. The summed E-state index contributed by atoms with van der Waals surface area (Å²) in [4.78, 5) is 18.9. The van der Waals surface area contributed by atoms with E-state index in [-0.39, 0.29) is 16.3 Å². The molecule has 0 radical (unpaired) electrons. The van der Waals surface area contributed by atoms with E-state index in [1.54, 1.807) is 0 Å². The molecule has 1 heterocycles. The molecular formula is C37H60N2O3Sn. The van der Waals surface area contributed by atoms with Gasteiger partial charge in [-0.2, -0.15) is 0 Å². The quantitative estimate of drug-likeness (QED) is 0.154. The average Bonchev–Trinajstić information content (AvgIpc) is 3.22. The Balaban J connectivity index is 2.12. The minimum absolute atomic E-state index is 0.0499. The minimum atomic E-state index is -3.13.